The Labute approximate surface area is 193 Å². The van der Waals surface area contributed by atoms with Gasteiger partial charge in [0.15, 0.2) is 0 Å². The number of nitrogens with one attached hydrogen (secondary N) is 1. The smallest absolute Gasteiger partial charge is 0.0495 e. The third-order valence-electron chi connectivity index (χ3n) is 7.75. The highest BCUT2D eigenvalue weighted by atomic mass is 15.2. The molecule has 0 amide bonds. The van der Waals surface area contributed by atoms with E-state index in [-0.39, 0.29) is 0 Å². The molecule has 32 heavy (non-hydrogen) atoms. The maximum atomic E-state index is 4.16. The molecule has 1 N–H and O–H groups in total. The quantitative estimate of drug-likeness (QED) is 0.552. The standard InChI is InChI=1S/C28H38N4/c1-20(2)19-31-14-10-25(11-15-31)32-16-8-22(9-17-32)24-4-5-27-26(18-24)21(3)28(30-27)23-6-12-29-13-7-23/h4-7,12-13,18,20,22,25,30H,8-11,14-17,19H2,1-3H3. The van der Waals surface area contributed by atoms with E-state index in [1.807, 2.05) is 12.4 Å². The van der Waals surface area contributed by atoms with E-state index in [1.165, 1.54) is 91.7 Å². The van der Waals surface area contributed by atoms with Crippen LogP contribution in [0.15, 0.2) is 42.7 Å². The van der Waals surface area contributed by atoms with Crippen LogP contribution in [0.25, 0.3) is 22.2 Å². The van der Waals surface area contributed by atoms with E-state index in [1.54, 1.807) is 0 Å². The largest absolute Gasteiger partial charge is 0.354 e. The molecule has 0 radical (unpaired) electrons. The van der Waals surface area contributed by atoms with E-state index in [9.17, 15) is 0 Å². The Morgan fingerprint density at radius 1 is 0.969 bits per heavy atom. The van der Waals surface area contributed by atoms with Gasteiger partial charge in [-0.3, -0.25) is 4.98 Å². The van der Waals surface area contributed by atoms with E-state index >= 15 is 0 Å². The number of fused-ring (bicyclic) bond motifs is 1. The molecule has 4 heteroatoms. The number of pyridine rings is 1. The zero-order valence-electron chi connectivity index (χ0n) is 20.0. The summed E-state index contributed by atoms with van der Waals surface area (Å²) in [5, 5.41) is 1.37. The zero-order valence-corrected chi connectivity index (χ0v) is 20.0. The number of rotatable bonds is 5. The fraction of sp³-hybridized carbons (Fsp3) is 0.536. The Morgan fingerprint density at radius 3 is 2.38 bits per heavy atom. The Kier molecular flexibility index (Phi) is 6.34. The van der Waals surface area contributed by atoms with Crippen LogP contribution >= 0.6 is 0 Å². The Bertz CT molecular complexity index is 1020. The van der Waals surface area contributed by atoms with Crippen molar-refractivity contribution in [1.29, 1.82) is 0 Å². The lowest BCUT2D eigenvalue weighted by Crippen LogP contribution is -2.48. The second kappa shape index (κ2) is 9.36. The molecular weight excluding hydrogens is 392 g/mol. The fourth-order valence-electron chi connectivity index (χ4n) is 5.99. The van der Waals surface area contributed by atoms with Crippen molar-refractivity contribution in [3.8, 4) is 11.3 Å². The summed E-state index contributed by atoms with van der Waals surface area (Å²) in [6.07, 6.45) is 9.02. The number of hydrogen-bond acceptors (Lipinski definition) is 3. The SMILES string of the molecule is Cc1c(-c2ccncc2)[nH]c2ccc(C3CCN(C4CCN(CC(C)C)CC4)CC3)cc12. The van der Waals surface area contributed by atoms with E-state index in [0.29, 0.717) is 5.92 Å². The predicted octanol–water partition coefficient (Wildman–Crippen LogP) is 5.84. The van der Waals surface area contributed by atoms with Gasteiger partial charge in [0.1, 0.15) is 0 Å². The Balaban J connectivity index is 1.23. The van der Waals surface area contributed by atoms with Crippen molar-refractivity contribution in [2.45, 2.75) is 58.4 Å². The molecule has 0 atom stereocenters. The van der Waals surface area contributed by atoms with Gasteiger partial charge in [0, 0.05) is 47.1 Å². The van der Waals surface area contributed by atoms with Gasteiger partial charge in [0.05, 0.1) is 0 Å². The average Bonchev–Trinajstić information content (AvgIpc) is 3.16. The van der Waals surface area contributed by atoms with Gasteiger partial charge < -0.3 is 14.8 Å². The number of aromatic amines is 1. The number of likely N-dealkylation sites (tertiary alicyclic amines) is 2. The van der Waals surface area contributed by atoms with Gasteiger partial charge in [-0.05, 0) is 106 Å². The Hall–Kier alpha value is -2.17. The molecule has 1 aromatic carbocycles. The molecule has 170 valence electrons. The monoisotopic (exact) mass is 430 g/mol. The highest BCUT2D eigenvalue weighted by molar-refractivity contribution is 5.91. The summed E-state index contributed by atoms with van der Waals surface area (Å²) in [6.45, 7) is 13.3. The predicted molar refractivity (Wildman–Crippen MR) is 134 cm³/mol. The summed E-state index contributed by atoms with van der Waals surface area (Å²) in [6, 6.07) is 12.1. The maximum absolute atomic E-state index is 4.16. The van der Waals surface area contributed by atoms with Crippen molar-refractivity contribution in [1.82, 2.24) is 19.8 Å². The molecule has 2 aliphatic heterocycles. The van der Waals surface area contributed by atoms with Crippen LogP contribution in [0, 0.1) is 12.8 Å². The van der Waals surface area contributed by atoms with Crippen molar-refractivity contribution in [3.05, 3.63) is 53.9 Å². The van der Waals surface area contributed by atoms with Crippen LogP contribution in [0.3, 0.4) is 0 Å². The van der Waals surface area contributed by atoms with Crippen molar-refractivity contribution in [2.75, 3.05) is 32.7 Å². The van der Waals surface area contributed by atoms with Crippen LogP contribution in [-0.4, -0.2) is 58.5 Å². The second-order valence-corrected chi connectivity index (χ2v) is 10.4. The van der Waals surface area contributed by atoms with Crippen molar-refractivity contribution >= 4 is 10.9 Å². The maximum Gasteiger partial charge on any atom is 0.0495 e. The van der Waals surface area contributed by atoms with E-state index in [4.69, 9.17) is 0 Å². The highest BCUT2D eigenvalue weighted by Crippen LogP contribution is 2.35. The number of H-pyrrole nitrogens is 1. The molecule has 2 saturated heterocycles. The van der Waals surface area contributed by atoms with Gasteiger partial charge in [-0.15, -0.1) is 0 Å². The third kappa shape index (κ3) is 4.49. The lowest BCUT2D eigenvalue weighted by atomic mass is 9.87. The molecule has 0 unspecified atom stereocenters. The normalized spacial score (nSPS) is 19.9. The number of aryl methyl sites for hydroxylation is 1. The molecule has 2 aromatic heterocycles. The van der Waals surface area contributed by atoms with Crippen LogP contribution in [-0.2, 0) is 0 Å². The number of benzene rings is 1. The van der Waals surface area contributed by atoms with Crippen LogP contribution in [0.4, 0.5) is 0 Å². The van der Waals surface area contributed by atoms with Gasteiger partial charge in [0.2, 0.25) is 0 Å². The first-order valence-electron chi connectivity index (χ1n) is 12.6. The van der Waals surface area contributed by atoms with Gasteiger partial charge in [0.25, 0.3) is 0 Å². The summed E-state index contributed by atoms with van der Waals surface area (Å²) in [5.41, 5.74) is 6.54. The van der Waals surface area contributed by atoms with E-state index in [2.05, 4.69) is 70.9 Å². The molecule has 4 nitrogen and oxygen atoms in total. The van der Waals surface area contributed by atoms with Crippen molar-refractivity contribution in [3.63, 3.8) is 0 Å². The molecule has 0 saturated carbocycles. The molecule has 0 bridgehead atoms. The summed E-state index contributed by atoms with van der Waals surface area (Å²) in [5.74, 6) is 1.47. The van der Waals surface area contributed by atoms with E-state index in [0.717, 1.165) is 12.0 Å². The zero-order chi connectivity index (χ0) is 22.1. The molecular formula is C28H38N4. The third-order valence-corrected chi connectivity index (χ3v) is 7.75. The number of nitrogens with zero attached hydrogens (tertiary/aromatic N) is 3. The lowest BCUT2D eigenvalue weighted by Gasteiger charge is -2.42. The summed E-state index contributed by atoms with van der Waals surface area (Å²) < 4.78 is 0. The number of aromatic nitrogens is 2. The molecule has 3 aromatic rings. The minimum Gasteiger partial charge on any atom is -0.354 e. The topological polar surface area (TPSA) is 35.2 Å². The van der Waals surface area contributed by atoms with Crippen LogP contribution in [0.5, 0.6) is 0 Å². The summed E-state index contributed by atoms with van der Waals surface area (Å²) >= 11 is 0. The first kappa shape index (κ1) is 21.7. The van der Waals surface area contributed by atoms with Gasteiger partial charge in [-0.2, -0.15) is 0 Å². The molecule has 4 heterocycles. The lowest BCUT2D eigenvalue weighted by molar-refractivity contribution is 0.0828. The number of hydrogen-bond donors (Lipinski definition) is 1. The van der Waals surface area contributed by atoms with Crippen LogP contribution in [0.1, 0.15) is 56.6 Å². The van der Waals surface area contributed by atoms with Crippen LogP contribution < -0.4 is 0 Å². The van der Waals surface area contributed by atoms with Crippen molar-refractivity contribution in [2.24, 2.45) is 5.92 Å². The molecule has 0 aliphatic carbocycles. The molecule has 2 fully saturated rings. The first-order valence-corrected chi connectivity index (χ1v) is 12.6. The minimum atomic E-state index is 0.690. The molecule has 5 rings (SSSR count). The van der Waals surface area contributed by atoms with Gasteiger partial charge in [-0.25, -0.2) is 0 Å². The van der Waals surface area contributed by atoms with E-state index < -0.39 is 0 Å². The first-order chi connectivity index (χ1) is 15.6. The minimum absolute atomic E-state index is 0.690. The summed E-state index contributed by atoms with van der Waals surface area (Å²) in [7, 11) is 0. The molecule has 0 spiro atoms. The second-order valence-electron chi connectivity index (χ2n) is 10.4. The Morgan fingerprint density at radius 2 is 1.69 bits per heavy atom. The number of piperidine rings is 2. The fourth-order valence-corrected chi connectivity index (χ4v) is 5.99. The summed E-state index contributed by atoms with van der Waals surface area (Å²) in [4.78, 5) is 13.3. The highest BCUT2D eigenvalue weighted by Gasteiger charge is 2.29. The van der Waals surface area contributed by atoms with Gasteiger partial charge >= 0.3 is 0 Å². The average molecular weight is 431 g/mol. The molecule has 2 aliphatic rings. The van der Waals surface area contributed by atoms with Crippen LogP contribution in [0.2, 0.25) is 0 Å². The van der Waals surface area contributed by atoms with Crippen molar-refractivity contribution < 1.29 is 0 Å². The van der Waals surface area contributed by atoms with Gasteiger partial charge in [-0.1, -0.05) is 19.9 Å².